The van der Waals surface area contributed by atoms with E-state index in [-0.39, 0.29) is 12.5 Å². The van der Waals surface area contributed by atoms with Crippen LogP contribution in [0.2, 0.25) is 0 Å². The Balaban J connectivity index is 1.75. The van der Waals surface area contributed by atoms with Gasteiger partial charge in [-0.15, -0.1) is 0 Å². The third kappa shape index (κ3) is 4.58. The number of nitrogens with one attached hydrogen (secondary N) is 1. The summed E-state index contributed by atoms with van der Waals surface area (Å²) in [7, 11) is 1.57. The number of methoxy groups -OCH3 is 1. The van der Waals surface area contributed by atoms with Crippen molar-refractivity contribution in [2.75, 3.05) is 12.4 Å². The number of anilines is 1. The molecule has 1 aromatic heterocycles. The Kier molecular flexibility index (Phi) is 5.30. The fourth-order valence-corrected chi connectivity index (χ4v) is 2.78. The van der Waals surface area contributed by atoms with Crippen LogP contribution in [0.25, 0.3) is 11.3 Å². The van der Waals surface area contributed by atoms with Crippen LogP contribution in [0.3, 0.4) is 0 Å². The molecule has 1 N–H and O–H groups in total. The van der Waals surface area contributed by atoms with Crippen molar-refractivity contribution in [2.45, 2.75) is 20.4 Å². The molecule has 0 aliphatic rings. The molecule has 27 heavy (non-hydrogen) atoms. The van der Waals surface area contributed by atoms with E-state index in [0.29, 0.717) is 22.7 Å². The molecule has 0 aliphatic carbocycles. The maximum absolute atomic E-state index is 12.2. The summed E-state index contributed by atoms with van der Waals surface area (Å²) in [6.07, 6.45) is 1.46. The first-order chi connectivity index (χ1) is 12.9. The van der Waals surface area contributed by atoms with Crippen molar-refractivity contribution in [1.82, 2.24) is 14.8 Å². The zero-order chi connectivity index (χ0) is 19.4. The minimum absolute atomic E-state index is 0.211. The first-order valence-electron chi connectivity index (χ1n) is 8.41. The molecule has 2 aromatic carbocycles. The van der Waals surface area contributed by atoms with Crippen molar-refractivity contribution < 1.29 is 9.53 Å². The van der Waals surface area contributed by atoms with E-state index >= 15 is 0 Å². The second-order valence-corrected chi connectivity index (χ2v) is 6.24. The maximum Gasteiger partial charge on any atom is 0.365 e. The normalized spacial score (nSPS) is 10.5. The van der Waals surface area contributed by atoms with Crippen LogP contribution in [-0.4, -0.2) is 27.8 Å². The number of aromatic nitrogens is 3. The number of amides is 1. The SMILES string of the molecule is COc1cccc(-c2cnn(CC(=O)Nc3cc(C)cc(C)c3)c(=O)n2)c1. The summed E-state index contributed by atoms with van der Waals surface area (Å²) in [6.45, 7) is 3.70. The van der Waals surface area contributed by atoms with E-state index < -0.39 is 5.69 Å². The van der Waals surface area contributed by atoms with E-state index in [4.69, 9.17) is 4.74 Å². The summed E-state index contributed by atoms with van der Waals surface area (Å²) < 4.78 is 6.20. The van der Waals surface area contributed by atoms with Crippen LogP contribution in [0.4, 0.5) is 5.69 Å². The summed E-state index contributed by atoms with van der Waals surface area (Å²) in [5, 5.41) is 6.84. The first kappa shape index (κ1) is 18.3. The van der Waals surface area contributed by atoms with Crippen LogP contribution in [0.5, 0.6) is 5.75 Å². The van der Waals surface area contributed by atoms with Gasteiger partial charge < -0.3 is 10.1 Å². The molecule has 7 heteroatoms. The second-order valence-electron chi connectivity index (χ2n) is 6.24. The molecule has 0 fully saturated rings. The quantitative estimate of drug-likeness (QED) is 0.752. The lowest BCUT2D eigenvalue weighted by Crippen LogP contribution is -2.31. The number of benzene rings is 2. The highest BCUT2D eigenvalue weighted by molar-refractivity contribution is 5.90. The van der Waals surface area contributed by atoms with Crippen molar-refractivity contribution in [3.63, 3.8) is 0 Å². The molecule has 0 bridgehead atoms. The van der Waals surface area contributed by atoms with Gasteiger partial charge in [-0.1, -0.05) is 18.2 Å². The molecule has 0 saturated heterocycles. The van der Waals surface area contributed by atoms with Crippen LogP contribution in [0, 0.1) is 13.8 Å². The highest BCUT2D eigenvalue weighted by Crippen LogP contribution is 2.20. The minimum Gasteiger partial charge on any atom is -0.497 e. The van der Waals surface area contributed by atoms with E-state index in [1.54, 1.807) is 25.3 Å². The smallest absolute Gasteiger partial charge is 0.365 e. The average molecular weight is 364 g/mol. The number of rotatable bonds is 5. The van der Waals surface area contributed by atoms with Crippen molar-refractivity contribution in [3.05, 3.63) is 70.3 Å². The molecule has 3 rings (SSSR count). The number of hydrogen-bond donors (Lipinski definition) is 1. The summed E-state index contributed by atoms with van der Waals surface area (Å²) >= 11 is 0. The third-order valence-electron chi connectivity index (χ3n) is 3.92. The number of ether oxygens (including phenoxy) is 1. The number of nitrogens with zero attached hydrogens (tertiary/aromatic N) is 3. The molecule has 0 saturated carbocycles. The predicted octanol–water partition coefficient (Wildman–Crippen LogP) is 2.57. The summed E-state index contributed by atoms with van der Waals surface area (Å²) in [4.78, 5) is 28.5. The van der Waals surface area contributed by atoms with Crippen molar-refractivity contribution >= 4 is 11.6 Å². The Morgan fingerprint density at radius 2 is 1.89 bits per heavy atom. The summed E-state index contributed by atoms with van der Waals surface area (Å²) in [5.41, 5.74) is 3.32. The van der Waals surface area contributed by atoms with Gasteiger partial charge in [-0.25, -0.2) is 9.48 Å². The lowest BCUT2D eigenvalue weighted by Gasteiger charge is -2.09. The van der Waals surface area contributed by atoms with Crippen LogP contribution in [0.1, 0.15) is 11.1 Å². The third-order valence-corrected chi connectivity index (χ3v) is 3.92. The predicted molar refractivity (Wildman–Crippen MR) is 103 cm³/mol. The Morgan fingerprint density at radius 1 is 1.15 bits per heavy atom. The van der Waals surface area contributed by atoms with E-state index in [1.165, 1.54) is 6.20 Å². The van der Waals surface area contributed by atoms with E-state index in [9.17, 15) is 9.59 Å². The molecule has 1 heterocycles. The molecular formula is C20H20N4O3. The Hall–Kier alpha value is -3.48. The molecule has 1 amide bonds. The second kappa shape index (κ2) is 7.82. The van der Waals surface area contributed by atoms with Crippen molar-refractivity contribution in [1.29, 1.82) is 0 Å². The van der Waals surface area contributed by atoms with Gasteiger partial charge >= 0.3 is 5.69 Å². The Bertz CT molecular complexity index is 1020. The lowest BCUT2D eigenvalue weighted by atomic mass is 10.1. The molecule has 138 valence electrons. The standard InChI is InChI=1S/C20H20N4O3/c1-13-7-14(2)9-16(8-13)22-19(25)12-24-20(26)23-18(11-21-24)15-5-4-6-17(10-15)27-3/h4-11H,12H2,1-3H3,(H,22,25). The van der Waals surface area contributed by atoms with Crippen LogP contribution < -0.4 is 15.7 Å². The zero-order valence-electron chi connectivity index (χ0n) is 15.4. The summed E-state index contributed by atoms with van der Waals surface area (Å²) in [6, 6.07) is 12.9. The highest BCUT2D eigenvalue weighted by atomic mass is 16.5. The van der Waals surface area contributed by atoms with Crippen LogP contribution >= 0.6 is 0 Å². The molecule has 0 radical (unpaired) electrons. The summed E-state index contributed by atoms with van der Waals surface area (Å²) in [5.74, 6) is 0.317. The highest BCUT2D eigenvalue weighted by Gasteiger charge is 2.10. The van der Waals surface area contributed by atoms with Gasteiger partial charge in [0.05, 0.1) is 19.0 Å². The number of hydrogen-bond acceptors (Lipinski definition) is 5. The topological polar surface area (TPSA) is 86.1 Å². The fraction of sp³-hybridized carbons (Fsp3) is 0.200. The van der Waals surface area contributed by atoms with Crippen LogP contribution in [0.15, 0.2) is 53.5 Å². The van der Waals surface area contributed by atoms with Gasteiger partial charge in [0.15, 0.2) is 0 Å². The number of aryl methyl sites for hydroxylation is 2. The molecule has 0 spiro atoms. The zero-order valence-corrected chi connectivity index (χ0v) is 15.4. The lowest BCUT2D eigenvalue weighted by molar-refractivity contribution is -0.117. The van der Waals surface area contributed by atoms with Gasteiger partial charge in [0.1, 0.15) is 12.3 Å². The van der Waals surface area contributed by atoms with Gasteiger partial charge in [0.25, 0.3) is 0 Å². The maximum atomic E-state index is 12.2. The molecule has 0 atom stereocenters. The Labute approximate surface area is 156 Å². The monoisotopic (exact) mass is 364 g/mol. The van der Waals surface area contributed by atoms with Crippen molar-refractivity contribution in [2.24, 2.45) is 0 Å². The van der Waals surface area contributed by atoms with E-state index in [1.807, 2.05) is 38.1 Å². The van der Waals surface area contributed by atoms with Gasteiger partial charge in [-0.05, 0) is 49.2 Å². The molecule has 0 aliphatic heterocycles. The van der Waals surface area contributed by atoms with Crippen molar-refractivity contribution in [3.8, 4) is 17.0 Å². The average Bonchev–Trinajstić information content (AvgIpc) is 2.62. The van der Waals surface area contributed by atoms with Gasteiger partial charge in [0, 0.05) is 11.3 Å². The van der Waals surface area contributed by atoms with E-state index in [2.05, 4.69) is 15.4 Å². The number of carbonyl (C=O) groups excluding carboxylic acids is 1. The first-order valence-corrected chi connectivity index (χ1v) is 8.41. The van der Waals surface area contributed by atoms with Gasteiger partial charge in [-0.2, -0.15) is 10.1 Å². The molecule has 0 unspecified atom stereocenters. The van der Waals surface area contributed by atoms with Gasteiger partial charge in [-0.3, -0.25) is 4.79 Å². The molecular weight excluding hydrogens is 344 g/mol. The largest absolute Gasteiger partial charge is 0.497 e. The van der Waals surface area contributed by atoms with E-state index in [0.717, 1.165) is 15.8 Å². The van der Waals surface area contributed by atoms with Gasteiger partial charge in [0.2, 0.25) is 5.91 Å². The molecule has 3 aromatic rings. The minimum atomic E-state index is -0.592. The Morgan fingerprint density at radius 3 is 2.56 bits per heavy atom. The fourth-order valence-electron chi connectivity index (χ4n) is 2.78. The van der Waals surface area contributed by atoms with Crippen LogP contribution in [-0.2, 0) is 11.3 Å². The number of carbonyl (C=O) groups is 1. The molecule has 7 nitrogen and oxygen atoms in total.